The number of benzene rings is 1. The molecule has 0 unspecified atom stereocenters. The Hall–Kier alpha value is -4.08. The Kier molecular flexibility index (Phi) is 11.2. The van der Waals surface area contributed by atoms with E-state index in [1.807, 2.05) is 0 Å². The SMILES string of the molecule is CC(C)C(=O)O[C@@H]1[C@@](C)(CO[P@@](=O)(N[C@@H](C)C(=O)O[C@@H]2CCOC2)Oc2ccccc2)OC[C@]1(OC(=O)C(C)C)c1ccc2c(N)ncnn12. The van der Waals surface area contributed by atoms with Crippen LogP contribution >= 0.6 is 7.75 Å². The molecule has 0 saturated carbocycles. The highest BCUT2D eigenvalue weighted by Crippen LogP contribution is 2.51. The first-order valence-corrected chi connectivity index (χ1v) is 17.9. The molecule has 0 spiro atoms. The maximum Gasteiger partial charge on any atom is 0.459 e. The number of nitrogens with two attached hydrogens (primary N) is 1. The molecule has 16 nitrogen and oxygen atoms in total. The Morgan fingerprint density at radius 3 is 2.42 bits per heavy atom. The van der Waals surface area contributed by atoms with Crippen molar-refractivity contribution >= 4 is 37.0 Å². The van der Waals surface area contributed by atoms with Gasteiger partial charge in [0.1, 0.15) is 35.3 Å². The van der Waals surface area contributed by atoms with Crippen molar-refractivity contribution in [2.75, 3.05) is 32.2 Å². The second-order valence-electron chi connectivity index (χ2n) is 13.1. The van der Waals surface area contributed by atoms with Gasteiger partial charge in [0.2, 0.25) is 5.60 Å². The molecule has 0 radical (unpaired) electrons. The molecule has 3 aromatic rings. The molecule has 1 aromatic carbocycles. The van der Waals surface area contributed by atoms with E-state index in [0.29, 0.717) is 18.5 Å². The van der Waals surface area contributed by atoms with Gasteiger partial charge in [0.25, 0.3) is 0 Å². The molecule has 2 aromatic heterocycles. The highest BCUT2D eigenvalue weighted by atomic mass is 31.2. The number of fused-ring (bicyclic) bond motifs is 1. The zero-order valence-electron chi connectivity index (χ0n) is 28.9. The number of nitrogen functional groups attached to an aromatic ring is 1. The molecule has 4 heterocycles. The zero-order chi connectivity index (χ0) is 36.3. The van der Waals surface area contributed by atoms with Gasteiger partial charge in [-0.15, -0.1) is 0 Å². The number of anilines is 1. The Morgan fingerprint density at radius 2 is 1.76 bits per heavy atom. The average molecular weight is 718 g/mol. The largest absolute Gasteiger partial charge is 0.459 e. The minimum absolute atomic E-state index is 0.162. The Labute approximate surface area is 289 Å². The fourth-order valence-electron chi connectivity index (χ4n) is 5.51. The third kappa shape index (κ3) is 7.94. The highest BCUT2D eigenvalue weighted by Gasteiger charge is 2.64. The van der Waals surface area contributed by atoms with Crippen LogP contribution in [0.4, 0.5) is 5.82 Å². The van der Waals surface area contributed by atoms with E-state index in [0.717, 1.165) is 0 Å². The minimum Gasteiger partial charge on any atom is -0.459 e. The number of nitrogens with zero attached hydrogens (tertiary/aromatic N) is 3. The van der Waals surface area contributed by atoms with Crippen molar-refractivity contribution in [1.82, 2.24) is 19.7 Å². The van der Waals surface area contributed by atoms with E-state index in [-0.39, 0.29) is 30.5 Å². The van der Waals surface area contributed by atoms with Crippen LogP contribution < -0.4 is 15.3 Å². The van der Waals surface area contributed by atoms with Gasteiger partial charge in [0.15, 0.2) is 11.9 Å². The topological polar surface area (TPSA) is 201 Å². The van der Waals surface area contributed by atoms with Gasteiger partial charge in [-0.1, -0.05) is 45.9 Å². The standard InChI is InChI=1S/C33H44N5O11P/c1-20(2)28(39)47-31-32(6,44-18-33(31,48-29(40)21(3)4)26-13-12-25-27(34)35-19-36-38(25)26)17-45-50(42,49-23-10-8-7-9-11-23)37-22(5)30(41)46-24-14-15-43-16-24/h7-13,19-22,24,31H,14-18H2,1-6H3,(H,37,42)(H2,34,35,36)/t22-,24+,31+,32+,33-,50-/m0/s1. The Morgan fingerprint density at radius 1 is 1.04 bits per heavy atom. The van der Waals surface area contributed by atoms with Gasteiger partial charge in [-0.25, -0.2) is 14.1 Å². The highest BCUT2D eigenvalue weighted by molar-refractivity contribution is 7.52. The first-order chi connectivity index (χ1) is 23.7. The number of aromatic nitrogens is 3. The van der Waals surface area contributed by atoms with Crippen LogP contribution in [0.5, 0.6) is 5.75 Å². The summed E-state index contributed by atoms with van der Waals surface area (Å²) in [4.78, 5) is 43.7. The third-order valence-electron chi connectivity index (χ3n) is 8.34. The summed E-state index contributed by atoms with van der Waals surface area (Å²) in [5.41, 5.74) is 3.43. The van der Waals surface area contributed by atoms with Crippen LogP contribution in [0.3, 0.4) is 0 Å². The molecule has 272 valence electrons. The molecule has 2 aliphatic heterocycles. The van der Waals surface area contributed by atoms with E-state index in [4.69, 9.17) is 38.5 Å². The van der Waals surface area contributed by atoms with Crippen molar-refractivity contribution in [3.63, 3.8) is 0 Å². The van der Waals surface area contributed by atoms with E-state index in [1.165, 1.54) is 17.8 Å². The summed E-state index contributed by atoms with van der Waals surface area (Å²) in [5.74, 6) is -2.74. The lowest BCUT2D eigenvalue weighted by atomic mass is 9.85. The second-order valence-corrected chi connectivity index (χ2v) is 14.8. The predicted octanol–water partition coefficient (Wildman–Crippen LogP) is 3.58. The van der Waals surface area contributed by atoms with Gasteiger partial charge in [0, 0.05) is 6.42 Å². The molecule has 3 N–H and O–H groups in total. The number of rotatable bonds is 14. The van der Waals surface area contributed by atoms with Gasteiger partial charge < -0.3 is 33.9 Å². The zero-order valence-corrected chi connectivity index (χ0v) is 29.8. The first kappa shape index (κ1) is 37.2. The summed E-state index contributed by atoms with van der Waals surface area (Å²) >= 11 is 0. The summed E-state index contributed by atoms with van der Waals surface area (Å²) in [5, 5.41) is 7.01. The van der Waals surface area contributed by atoms with Gasteiger partial charge in [0.05, 0.1) is 44.0 Å². The van der Waals surface area contributed by atoms with Crippen LogP contribution in [0.2, 0.25) is 0 Å². The number of carbonyl (C=O) groups excluding carboxylic acids is 3. The van der Waals surface area contributed by atoms with Gasteiger partial charge in [-0.2, -0.15) is 10.2 Å². The van der Waals surface area contributed by atoms with Crippen LogP contribution in [-0.2, 0) is 52.8 Å². The number of hydrogen-bond acceptors (Lipinski definition) is 14. The molecule has 6 atom stereocenters. The number of carbonyl (C=O) groups is 3. The second kappa shape index (κ2) is 15.0. The monoisotopic (exact) mass is 717 g/mol. The maximum absolute atomic E-state index is 14.5. The van der Waals surface area contributed by atoms with E-state index in [1.54, 1.807) is 77.1 Å². The van der Waals surface area contributed by atoms with Crippen molar-refractivity contribution in [3.05, 3.63) is 54.5 Å². The summed E-state index contributed by atoms with van der Waals surface area (Å²) in [6.07, 6.45) is -0.0299. The van der Waals surface area contributed by atoms with E-state index < -0.39 is 73.5 Å². The van der Waals surface area contributed by atoms with E-state index >= 15 is 0 Å². The smallest absolute Gasteiger partial charge is 0.459 e. The molecule has 50 heavy (non-hydrogen) atoms. The van der Waals surface area contributed by atoms with Crippen molar-refractivity contribution in [3.8, 4) is 5.75 Å². The number of esters is 3. The Balaban J connectivity index is 1.52. The molecular formula is C33H44N5O11P. The van der Waals surface area contributed by atoms with E-state index in [9.17, 15) is 18.9 Å². The molecule has 17 heteroatoms. The maximum atomic E-state index is 14.5. The fraction of sp³-hybridized carbons (Fsp3) is 0.545. The van der Waals surface area contributed by atoms with Crippen molar-refractivity contribution in [1.29, 1.82) is 0 Å². The lowest BCUT2D eigenvalue weighted by Gasteiger charge is -2.38. The number of para-hydroxylation sites is 1. The molecule has 0 bridgehead atoms. The van der Waals surface area contributed by atoms with Crippen LogP contribution in [0.15, 0.2) is 48.8 Å². The molecule has 0 aliphatic carbocycles. The molecular weight excluding hydrogens is 673 g/mol. The van der Waals surface area contributed by atoms with Crippen molar-refractivity contribution in [2.45, 2.75) is 77.4 Å². The number of ether oxygens (including phenoxy) is 5. The number of hydrogen-bond donors (Lipinski definition) is 2. The third-order valence-corrected chi connectivity index (χ3v) is 9.96. The summed E-state index contributed by atoms with van der Waals surface area (Å²) in [6.45, 7) is 9.54. The van der Waals surface area contributed by atoms with Crippen LogP contribution in [0.25, 0.3) is 5.52 Å². The summed E-state index contributed by atoms with van der Waals surface area (Å²) < 4.78 is 57.3. The minimum atomic E-state index is -4.41. The van der Waals surface area contributed by atoms with Crippen molar-refractivity contribution in [2.24, 2.45) is 11.8 Å². The predicted molar refractivity (Wildman–Crippen MR) is 178 cm³/mol. The molecule has 2 saturated heterocycles. The van der Waals surface area contributed by atoms with Crippen LogP contribution in [0.1, 0.15) is 53.7 Å². The lowest BCUT2D eigenvalue weighted by Crippen LogP contribution is -2.55. The lowest BCUT2D eigenvalue weighted by molar-refractivity contribution is -0.193. The van der Waals surface area contributed by atoms with E-state index in [2.05, 4.69) is 15.2 Å². The van der Waals surface area contributed by atoms with Crippen LogP contribution in [-0.4, -0.2) is 82.8 Å². The normalized spacial score (nSPS) is 25.4. The van der Waals surface area contributed by atoms with Crippen molar-refractivity contribution < 1.29 is 51.7 Å². The van der Waals surface area contributed by atoms with Gasteiger partial charge in [-0.3, -0.25) is 18.9 Å². The summed E-state index contributed by atoms with van der Waals surface area (Å²) in [7, 11) is -4.41. The average Bonchev–Trinajstić information content (AvgIpc) is 3.81. The quantitative estimate of drug-likeness (QED) is 0.139. The molecule has 2 fully saturated rings. The Bertz CT molecular complexity index is 1730. The van der Waals surface area contributed by atoms with Gasteiger partial charge in [-0.05, 0) is 38.1 Å². The summed E-state index contributed by atoms with van der Waals surface area (Å²) in [6, 6.07) is 10.4. The van der Waals surface area contributed by atoms with Gasteiger partial charge >= 0.3 is 25.7 Å². The molecule has 0 amide bonds. The number of nitrogens with one attached hydrogen (secondary N) is 1. The first-order valence-electron chi connectivity index (χ1n) is 16.4. The molecule has 5 rings (SSSR count). The fourth-order valence-corrected chi connectivity index (χ4v) is 7.09. The molecule has 2 aliphatic rings. The van der Waals surface area contributed by atoms with Crippen LogP contribution in [0, 0.1) is 11.8 Å².